The predicted octanol–water partition coefficient (Wildman–Crippen LogP) is 4.39. The molecule has 1 aromatic carbocycles. The molecule has 3 heterocycles. The molecule has 9 nitrogen and oxygen atoms in total. The number of nitrogens with zero attached hydrogens (tertiary/aromatic N) is 4. The van der Waals surface area contributed by atoms with E-state index in [0.717, 1.165) is 67.6 Å². The topological polar surface area (TPSA) is 113 Å². The molecule has 4 rings (SSSR count). The summed E-state index contributed by atoms with van der Waals surface area (Å²) in [7, 11) is 1.72. The third kappa shape index (κ3) is 7.61. The number of ether oxygens (including phenoxy) is 1. The molecule has 0 fully saturated rings. The van der Waals surface area contributed by atoms with Crippen molar-refractivity contribution < 1.29 is 14.6 Å². The number of pyridine rings is 1. The van der Waals surface area contributed by atoms with Gasteiger partial charge in [0.1, 0.15) is 24.0 Å². The fourth-order valence-corrected chi connectivity index (χ4v) is 4.88. The quantitative estimate of drug-likeness (QED) is 0.266. The third-order valence-corrected chi connectivity index (χ3v) is 7.15. The number of para-hydroxylation sites is 1. The Morgan fingerprint density at radius 1 is 1.18 bits per heavy atom. The smallest absolute Gasteiger partial charge is 0.326 e. The van der Waals surface area contributed by atoms with Crippen LogP contribution in [0.25, 0.3) is 10.9 Å². The Balaban J connectivity index is 1.34. The summed E-state index contributed by atoms with van der Waals surface area (Å²) in [4.78, 5) is 27.9. The Kier molecular flexibility index (Phi) is 9.47. The maximum Gasteiger partial charge on any atom is 0.326 e. The van der Waals surface area contributed by atoms with E-state index in [1.807, 2.05) is 24.3 Å². The van der Waals surface area contributed by atoms with Crippen molar-refractivity contribution >= 4 is 28.5 Å². The molecule has 0 bridgehead atoms. The van der Waals surface area contributed by atoms with Crippen molar-refractivity contribution in [3.63, 3.8) is 0 Å². The number of methoxy groups -OCH3 is 1. The van der Waals surface area contributed by atoms with Crippen molar-refractivity contribution in [3.8, 4) is 0 Å². The average Bonchev–Trinajstić information content (AvgIpc) is 2.92. The zero-order valence-corrected chi connectivity index (χ0v) is 22.7. The van der Waals surface area contributed by atoms with Gasteiger partial charge in [-0.1, -0.05) is 18.2 Å². The Morgan fingerprint density at radius 3 is 2.84 bits per heavy atom. The lowest BCUT2D eigenvalue weighted by Gasteiger charge is -2.32. The van der Waals surface area contributed by atoms with Crippen LogP contribution in [0.4, 0.5) is 11.6 Å². The van der Waals surface area contributed by atoms with E-state index in [1.54, 1.807) is 7.11 Å². The summed E-state index contributed by atoms with van der Waals surface area (Å²) in [6, 6.07) is 11.2. The second kappa shape index (κ2) is 13.0. The van der Waals surface area contributed by atoms with Crippen molar-refractivity contribution in [2.24, 2.45) is 0 Å². The van der Waals surface area contributed by atoms with Gasteiger partial charge in [0.05, 0.1) is 11.1 Å². The van der Waals surface area contributed by atoms with E-state index in [9.17, 15) is 9.90 Å². The highest BCUT2D eigenvalue weighted by Crippen LogP contribution is 2.22. The minimum Gasteiger partial charge on any atom is -0.480 e. The van der Waals surface area contributed by atoms with Crippen molar-refractivity contribution in [1.29, 1.82) is 0 Å². The number of hydrogen-bond donors (Lipinski definition) is 3. The first-order valence-electron chi connectivity index (χ1n) is 13.5. The van der Waals surface area contributed by atoms with Crippen LogP contribution in [-0.4, -0.2) is 75.9 Å². The molecule has 3 N–H and O–H groups in total. The van der Waals surface area contributed by atoms with E-state index in [2.05, 4.69) is 51.5 Å². The highest BCUT2D eigenvalue weighted by molar-refractivity contribution is 5.90. The number of carboxylic acids is 1. The van der Waals surface area contributed by atoms with Crippen LogP contribution in [0.15, 0.2) is 42.7 Å². The van der Waals surface area contributed by atoms with E-state index in [-0.39, 0.29) is 5.60 Å². The molecule has 204 valence electrons. The van der Waals surface area contributed by atoms with Gasteiger partial charge in [0, 0.05) is 37.8 Å². The fourth-order valence-electron chi connectivity index (χ4n) is 4.88. The first-order chi connectivity index (χ1) is 18.3. The van der Waals surface area contributed by atoms with Gasteiger partial charge in [-0.05, 0) is 82.7 Å². The maximum atomic E-state index is 12.2. The molecule has 0 radical (unpaired) electrons. The number of nitrogens with one attached hydrogen (secondary N) is 2. The molecular weight excluding hydrogens is 480 g/mol. The minimum atomic E-state index is -0.897. The monoisotopic (exact) mass is 520 g/mol. The summed E-state index contributed by atoms with van der Waals surface area (Å²) in [6.45, 7) is 7.31. The van der Waals surface area contributed by atoms with Gasteiger partial charge in [0.15, 0.2) is 0 Å². The Labute approximate surface area is 225 Å². The second-order valence-electron chi connectivity index (χ2n) is 10.6. The van der Waals surface area contributed by atoms with Gasteiger partial charge >= 0.3 is 5.97 Å². The first kappa shape index (κ1) is 27.7. The third-order valence-electron chi connectivity index (χ3n) is 7.15. The summed E-state index contributed by atoms with van der Waals surface area (Å²) in [5.41, 5.74) is 2.88. The highest BCUT2D eigenvalue weighted by Gasteiger charge is 2.24. The molecule has 38 heavy (non-hydrogen) atoms. The number of anilines is 2. The summed E-state index contributed by atoms with van der Waals surface area (Å²) >= 11 is 0. The lowest BCUT2D eigenvalue weighted by Crippen LogP contribution is -2.43. The van der Waals surface area contributed by atoms with E-state index < -0.39 is 12.0 Å². The largest absolute Gasteiger partial charge is 0.480 e. The lowest BCUT2D eigenvalue weighted by molar-refractivity contribution is -0.138. The number of carbonyl (C=O) groups is 1. The summed E-state index contributed by atoms with van der Waals surface area (Å²) < 4.78 is 5.69. The van der Waals surface area contributed by atoms with Crippen molar-refractivity contribution in [2.45, 2.75) is 64.0 Å². The summed E-state index contributed by atoms with van der Waals surface area (Å²) in [6.07, 6.45) is 7.10. The number of fused-ring (bicyclic) bond motifs is 2. The van der Waals surface area contributed by atoms with Crippen LogP contribution in [-0.2, 0) is 22.4 Å². The summed E-state index contributed by atoms with van der Waals surface area (Å²) in [5, 5.41) is 17.3. The summed E-state index contributed by atoms with van der Waals surface area (Å²) in [5.74, 6) is 0.686. The Morgan fingerprint density at radius 2 is 2.03 bits per heavy atom. The van der Waals surface area contributed by atoms with Gasteiger partial charge < -0.3 is 25.4 Å². The molecule has 0 saturated heterocycles. The fraction of sp³-hybridized carbons (Fsp3) is 0.517. The van der Waals surface area contributed by atoms with Gasteiger partial charge in [-0.15, -0.1) is 0 Å². The van der Waals surface area contributed by atoms with Crippen molar-refractivity contribution in [1.82, 2.24) is 19.9 Å². The van der Waals surface area contributed by atoms with Gasteiger partial charge in [0.2, 0.25) is 0 Å². The Bertz CT molecular complexity index is 1210. The SMILES string of the molecule is COC(C)(C)CN(CCCCc1ccc2c(n1)NCCC2)CCC(Nc1ncnc2ccccc12)C(=O)O. The van der Waals surface area contributed by atoms with Gasteiger partial charge in [0.25, 0.3) is 0 Å². The van der Waals surface area contributed by atoms with E-state index >= 15 is 0 Å². The molecule has 2 aromatic heterocycles. The minimum absolute atomic E-state index is 0.333. The standard InChI is InChI=1S/C29H40N6O3/c1-29(2,38-3)19-35(17-7-6-10-22-14-13-21-9-8-16-30-26(21)33-22)18-15-25(28(36)37)34-27-23-11-4-5-12-24(23)31-20-32-27/h4-5,11-14,20,25H,6-10,15-19H2,1-3H3,(H,30,33)(H,36,37)(H,31,32,34). The number of aromatic nitrogens is 3. The lowest BCUT2D eigenvalue weighted by atomic mass is 10.1. The molecule has 0 aliphatic carbocycles. The van der Waals surface area contributed by atoms with Crippen LogP contribution < -0.4 is 10.6 Å². The first-order valence-corrected chi connectivity index (χ1v) is 13.5. The van der Waals surface area contributed by atoms with Crippen LogP contribution >= 0.6 is 0 Å². The zero-order chi connectivity index (χ0) is 27.0. The van der Waals surface area contributed by atoms with Gasteiger partial charge in [-0.25, -0.2) is 19.7 Å². The zero-order valence-electron chi connectivity index (χ0n) is 22.7. The van der Waals surface area contributed by atoms with E-state index in [0.29, 0.717) is 25.3 Å². The highest BCUT2D eigenvalue weighted by atomic mass is 16.5. The molecule has 0 saturated carbocycles. The maximum absolute atomic E-state index is 12.2. The molecule has 0 spiro atoms. The van der Waals surface area contributed by atoms with E-state index in [1.165, 1.54) is 11.9 Å². The molecule has 1 unspecified atom stereocenters. The number of unbranched alkanes of at least 4 members (excludes halogenated alkanes) is 1. The van der Waals surface area contributed by atoms with Crippen LogP contribution in [0.3, 0.4) is 0 Å². The molecular formula is C29H40N6O3. The normalized spacial score (nSPS) is 14.2. The predicted molar refractivity (Wildman–Crippen MR) is 151 cm³/mol. The number of aryl methyl sites for hydroxylation is 2. The van der Waals surface area contributed by atoms with Crippen LogP contribution in [0.5, 0.6) is 0 Å². The van der Waals surface area contributed by atoms with Crippen LogP contribution in [0.1, 0.15) is 50.8 Å². The molecule has 0 amide bonds. The van der Waals surface area contributed by atoms with Gasteiger partial charge in [-0.3, -0.25) is 0 Å². The van der Waals surface area contributed by atoms with Crippen molar-refractivity contribution in [2.75, 3.05) is 43.9 Å². The van der Waals surface area contributed by atoms with E-state index in [4.69, 9.17) is 9.72 Å². The second-order valence-corrected chi connectivity index (χ2v) is 10.6. The molecule has 3 aromatic rings. The Hall–Kier alpha value is -3.30. The number of hydrogen-bond acceptors (Lipinski definition) is 8. The van der Waals surface area contributed by atoms with Crippen LogP contribution in [0.2, 0.25) is 0 Å². The average molecular weight is 521 g/mol. The number of rotatable bonds is 14. The van der Waals surface area contributed by atoms with Crippen LogP contribution in [0, 0.1) is 0 Å². The molecule has 1 atom stereocenters. The molecule has 1 aliphatic heterocycles. The van der Waals surface area contributed by atoms with Crippen molar-refractivity contribution in [3.05, 3.63) is 54.0 Å². The number of aliphatic carboxylic acids is 1. The number of carboxylic acid groups (broad SMARTS) is 1. The molecule has 1 aliphatic rings. The van der Waals surface area contributed by atoms with Gasteiger partial charge in [-0.2, -0.15) is 0 Å². The molecule has 9 heteroatoms. The number of benzene rings is 1.